The Morgan fingerprint density at radius 2 is 1.65 bits per heavy atom. The van der Waals surface area contributed by atoms with Crippen LogP contribution in [0, 0.1) is 6.92 Å². The number of nitrogens with one attached hydrogen (secondary N) is 1. The average molecular weight is 388 g/mol. The zero-order chi connectivity index (χ0) is 18.7. The Bertz CT molecular complexity index is 1030. The third kappa shape index (κ3) is 4.07. The Morgan fingerprint density at radius 3 is 2.31 bits per heavy atom. The lowest BCUT2D eigenvalue weighted by atomic mass is 10.0. The van der Waals surface area contributed by atoms with Gasteiger partial charge in [0.05, 0.1) is 11.6 Å². The number of halogens is 1. The molecule has 3 aromatic rings. The second-order valence-electron chi connectivity index (χ2n) is 5.98. The molecule has 0 heterocycles. The molecule has 3 rings (SSSR count). The molecule has 0 bridgehead atoms. The van der Waals surface area contributed by atoms with Gasteiger partial charge in [0.25, 0.3) is 10.0 Å². The third-order valence-electron chi connectivity index (χ3n) is 3.97. The van der Waals surface area contributed by atoms with E-state index in [9.17, 15) is 13.5 Å². The summed E-state index contributed by atoms with van der Waals surface area (Å²) >= 11 is 6.26. The lowest BCUT2D eigenvalue weighted by Crippen LogP contribution is -2.13. The molecule has 6 heteroatoms. The number of aliphatic hydroxyl groups is 1. The van der Waals surface area contributed by atoms with Gasteiger partial charge >= 0.3 is 0 Å². The summed E-state index contributed by atoms with van der Waals surface area (Å²) in [5.74, 6) is 0. The molecule has 0 fully saturated rings. The standard InChI is InChI=1S/C20H18ClNO3S/c1-14-5-7-16(8-6-14)17-9-10-20(19(21)12-17)26(24,25)22-18-4-2-3-15(11-18)13-23/h2-12,22-23H,13H2,1H3. The molecule has 0 aliphatic heterocycles. The first kappa shape index (κ1) is 18.5. The highest BCUT2D eigenvalue weighted by molar-refractivity contribution is 7.92. The Balaban J connectivity index is 1.91. The maximum absolute atomic E-state index is 12.7. The fourth-order valence-electron chi connectivity index (χ4n) is 2.59. The second-order valence-corrected chi connectivity index (χ2v) is 8.03. The number of rotatable bonds is 5. The topological polar surface area (TPSA) is 66.4 Å². The summed E-state index contributed by atoms with van der Waals surface area (Å²) in [5, 5.41) is 9.33. The van der Waals surface area contributed by atoms with Crippen molar-refractivity contribution in [3.05, 3.63) is 82.9 Å². The van der Waals surface area contributed by atoms with Crippen LogP contribution in [0.3, 0.4) is 0 Å². The number of anilines is 1. The van der Waals surface area contributed by atoms with Crippen molar-refractivity contribution in [2.45, 2.75) is 18.4 Å². The van der Waals surface area contributed by atoms with E-state index in [0.29, 0.717) is 11.3 Å². The first-order valence-electron chi connectivity index (χ1n) is 7.98. The number of aryl methyl sites for hydroxylation is 1. The SMILES string of the molecule is Cc1ccc(-c2ccc(S(=O)(=O)Nc3cccc(CO)c3)c(Cl)c2)cc1. The molecule has 0 aliphatic carbocycles. The van der Waals surface area contributed by atoms with Gasteiger partial charge in [0.1, 0.15) is 4.90 Å². The lowest BCUT2D eigenvalue weighted by molar-refractivity contribution is 0.282. The van der Waals surface area contributed by atoms with Crippen LogP contribution in [0.2, 0.25) is 5.02 Å². The van der Waals surface area contributed by atoms with Crippen LogP contribution in [-0.4, -0.2) is 13.5 Å². The minimum atomic E-state index is -3.84. The van der Waals surface area contributed by atoms with E-state index >= 15 is 0 Å². The van der Waals surface area contributed by atoms with Crippen molar-refractivity contribution < 1.29 is 13.5 Å². The molecule has 4 nitrogen and oxygen atoms in total. The molecule has 26 heavy (non-hydrogen) atoms. The summed E-state index contributed by atoms with van der Waals surface area (Å²) in [6, 6.07) is 19.4. The van der Waals surface area contributed by atoms with Gasteiger partial charge in [-0.1, -0.05) is 59.6 Å². The maximum atomic E-state index is 12.7. The van der Waals surface area contributed by atoms with Crippen LogP contribution in [0.25, 0.3) is 11.1 Å². The molecule has 0 aliphatic rings. The van der Waals surface area contributed by atoms with Crippen LogP contribution in [0.1, 0.15) is 11.1 Å². The minimum Gasteiger partial charge on any atom is -0.392 e. The molecule has 0 saturated carbocycles. The highest BCUT2D eigenvalue weighted by Crippen LogP contribution is 2.29. The Labute approximate surface area is 158 Å². The molecule has 134 valence electrons. The quantitative estimate of drug-likeness (QED) is 0.671. The monoisotopic (exact) mass is 387 g/mol. The zero-order valence-corrected chi connectivity index (χ0v) is 15.7. The Kier molecular flexibility index (Phi) is 5.32. The highest BCUT2D eigenvalue weighted by Gasteiger charge is 2.19. The van der Waals surface area contributed by atoms with Crippen molar-refractivity contribution in [3.63, 3.8) is 0 Å². The van der Waals surface area contributed by atoms with E-state index in [4.69, 9.17) is 11.6 Å². The number of hydrogen-bond donors (Lipinski definition) is 2. The molecule has 0 saturated heterocycles. The average Bonchev–Trinajstić information content (AvgIpc) is 2.61. The molecule has 0 spiro atoms. The fraction of sp³-hybridized carbons (Fsp3) is 0.100. The molecular weight excluding hydrogens is 370 g/mol. The van der Waals surface area contributed by atoms with E-state index in [1.807, 2.05) is 31.2 Å². The van der Waals surface area contributed by atoms with E-state index in [2.05, 4.69) is 4.72 Å². The van der Waals surface area contributed by atoms with E-state index < -0.39 is 10.0 Å². The van der Waals surface area contributed by atoms with E-state index in [1.165, 1.54) is 6.07 Å². The Hall–Kier alpha value is -2.34. The molecule has 2 N–H and O–H groups in total. The zero-order valence-electron chi connectivity index (χ0n) is 14.1. The molecule has 0 radical (unpaired) electrons. The summed E-state index contributed by atoms with van der Waals surface area (Å²) in [5.41, 5.74) is 3.94. The summed E-state index contributed by atoms with van der Waals surface area (Å²) in [6.45, 7) is 1.84. The highest BCUT2D eigenvalue weighted by atomic mass is 35.5. The number of aliphatic hydroxyl groups excluding tert-OH is 1. The normalized spacial score (nSPS) is 11.3. The van der Waals surface area contributed by atoms with Crippen molar-refractivity contribution in [3.8, 4) is 11.1 Å². The van der Waals surface area contributed by atoms with Crippen molar-refractivity contribution >= 4 is 27.3 Å². The van der Waals surface area contributed by atoms with Crippen LogP contribution < -0.4 is 4.72 Å². The summed E-state index contributed by atoms with van der Waals surface area (Å²) < 4.78 is 27.8. The van der Waals surface area contributed by atoms with Crippen LogP contribution >= 0.6 is 11.6 Å². The largest absolute Gasteiger partial charge is 0.392 e. The predicted octanol–water partition coefficient (Wildman–Crippen LogP) is 4.61. The van der Waals surface area contributed by atoms with Crippen molar-refractivity contribution in [2.75, 3.05) is 4.72 Å². The van der Waals surface area contributed by atoms with Gasteiger partial charge in [-0.3, -0.25) is 4.72 Å². The number of hydrogen-bond acceptors (Lipinski definition) is 3. The molecule has 0 amide bonds. The van der Waals surface area contributed by atoms with E-state index in [-0.39, 0.29) is 16.5 Å². The third-order valence-corrected chi connectivity index (χ3v) is 5.83. The van der Waals surface area contributed by atoms with E-state index in [0.717, 1.165) is 16.7 Å². The van der Waals surface area contributed by atoms with Gasteiger partial charge in [-0.2, -0.15) is 0 Å². The molecular formula is C20H18ClNO3S. The van der Waals surface area contributed by atoms with Crippen LogP contribution in [0.15, 0.2) is 71.6 Å². The van der Waals surface area contributed by atoms with Crippen molar-refractivity contribution in [2.24, 2.45) is 0 Å². The van der Waals surface area contributed by atoms with Crippen LogP contribution in [0.4, 0.5) is 5.69 Å². The molecule has 0 aromatic heterocycles. The van der Waals surface area contributed by atoms with Crippen LogP contribution in [0.5, 0.6) is 0 Å². The van der Waals surface area contributed by atoms with Crippen molar-refractivity contribution in [1.82, 2.24) is 0 Å². The molecule has 3 aromatic carbocycles. The minimum absolute atomic E-state index is 0.00410. The predicted molar refractivity (Wildman–Crippen MR) is 105 cm³/mol. The lowest BCUT2D eigenvalue weighted by Gasteiger charge is -2.12. The Morgan fingerprint density at radius 1 is 0.962 bits per heavy atom. The van der Waals surface area contributed by atoms with E-state index in [1.54, 1.807) is 36.4 Å². The van der Waals surface area contributed by atoms with Gasteiger partial charge in [0.15, 0.2) is 0 Å². The van der Waals surface area contributed by atoms with Gasteiger partial charge in [-0.05, 0) is 47.9 Å². The van der Waals surface area contributed by atoms with Gasteiger partial charge in [0, 0.05) is 5.69 Å². The summed E-state index contributed by atoms with van der Waals surface area (Å²) in [7, 11) is -3.84. The van der Waals surface area contributed by atoms with Crippen LogP contribution in [-0.2, 0) is 16.6 Å². The first-order chi connectivity index (χ1) is 12.4. The number of sulfonamides is 1. The first-order valence-corrected chi connectivity index (χ1v) is 9.84. The van der Waals surface area contributed by atoms with Gasteiger partial charge in [-0.15, -0.1) is 0 Å². The number of benzene rings is 3. The van der Waals surface area contributed by atoms with Gasteiger partial charge in [-0.25, -0.2) is 8.42 Å². The van der Waals surface area contributed by atoms with Gasteiger partial charge in [0.2, 0.25) is 0 Å². The molecule has 0 atom stereocenters. The second kappa shape index (κ2) is 7.50. The summed E-state index contributed by atoms with van der Waals surface area (Å²) in [6.07, 6.45) is 0. The van der Waals surface area contributed by atoms with Crippen molar-refractivity contribution in [1.29, 1.82) is 0 Å². The fourth-order valence-corrected chi connectivity index (χ4v) is 4.18. The maximum Gasteiger partial charge on any atom is 0.263 e. The van der Waals surface area contributed by atoms with Gasteiger partial charge < -0.3 is 5.11 Å². The molecule has 0 unspecified atom stereocenters. The smallest absolute Gasteiger partial charge is 0.263 e. The summed E-state index contributed by atoms with van der Waals surface area (Å²) in [4.78, 5) is 0.00410.